The number of benzene rings is 2. The summed E-state index contributed by atoms with van der Waals surface area (Å²) < 4.78 is 5.79. The third-order valence-electron chi connectivity index (χ3n) is 4.95. The van der Waals surface area contributed by atoms with Gasteiger partial charge >= 0.3 is 0 Å². The summed E-state index contributed by atoms with van der Waals surface area (Å²) in [7, 11) is 0. The third-order valence-corrected chi connectivity index (χ3v) is 6.83. The lowest BCUT2D eigenvalue weighted by Gasteiger charge is -2.04. The van der Waals surface area contributed by atoms with E-state index in [9.17, 15) is 9.59 Å². The van der Waals surface area contributed by atoms with Gasteiger partial charge in [0, 0.05) is 24.4 Å². The number of ether oxygens (including phenoxy) is 1. The molecule has 2 heterocycles. The predicted molar refractivity (Wildman–Crippen MR) is 135 cm³/mol. The zero-order valence-corrected chi connectivity index (χ0v) is 20.7. The molecule has 0 saturated carbocycles. The first kappa shape index (κ1) is 23.6. The second-order valence-corrected chi connectivity index (χ2v) is 9.66. The third kappa shape index (κ3) is 6.06. The molecule has 7 nitrogen and oxygen atoms in total. The van der Waals surface area contributed by atoms with E-state index in [1.165, 1.54) is 35.2 Å². The summed E-state index contributed by atoms with van der Waals surface area (Å²) in [6, 6.07) is 15.6. The van der Waals surface area contributed by atoms with Gasteiger partial charge in [-0.05, 0) is 31.5 Å². The summed E-state index contributed by atoms with van der Waals surface area (Å²) in [6.45, 7) is 6.13. The normalized spacial score (nSPS) is 10.7. The Bertz CT molecular complexity index is 1290. The number of aryl methyl sites for hydroxylation is 2. The lowest BCUT2D eigenvalue weighted by Crippen LogP contribution is -2.18. The molecule has 0 radical (unpaired) electrons. The first-order chi connectivity index (χ1) is 16.4. The fourth-order valence-corrected chi connectivity index (χ4v) is 4.73. The highest BCUT2D eigenvalue weighted by atomic mass is 32.1. The second kappa shape index (κ2) is 10.6. The number of hydrogen-bond acceptors (Lipinski definition) is 7. The molecular formula is C25H24N4O3S2. The van der Waals surface area contributed by atoms with Crippen LogP contribution in [0.2, 0.25) is 0 Å². The van der Waals surface area contributed by atoms with E-state index in [-0.39, 0.29) is 11.8 Å². The molecule has 0 aliphatic rings. The van der Waals surface area contributed by atoms with Gasteiger partial charge in [0.25, 0.3) is 5.91 Å². The number of hydrogen-bond donors (Lipinski definition) is 2. The number of carbonyl (C=O) groups is 2. The average molecular weight is 493 g/mol. The number of thiazole rings is 2. The zero-order valence-electron chi connectivity index (χ0n) is 19.0. The van der Waals surface area contributed by atoms with E-state index in [1.54, 1.807) is 0 Å². The molecular weight excluding hydrogens is 468 g/mol. The van der Waals surface area contributed by atoms with E-state index in [2.05, 4.69) is 20.6 Å². The molecule has 0 saturated heterocycles. The van der Waals surface area contributed by atoms with Crippen LogP contribution in [0.15, 0.2) is 53.9 Å². The van der Waals surface area contributed by atoms with Crippen molar-refractivity contribution in [2.75, 3.05) is 5.32 Å². The van der Waals surface area contributed by atoms with Gasteiger partial charge in [-0.1, -0.05) is 42.0 Å². The lowest BCUT2D eigenvalue weighted by atomic mass is 10.1. The van der Waals surface area contributed by atoms with E-state index >= 15 is 0 Å². The van der Waals surface area contributed by atoms with Crippen LogP contribution in [0.5, 0.6) is 5.75 Å². The van der Waals surface area contributed by atoms with Crippen LogP contribution in [0.25, 0.3) is 11.3 Å². The quantitative estimate of drug-likeness (QED) is 0.346. The summed E-state index contributed by atoms with van der Waals surface area (Å²) in [5, 5.41) is 8.81. The van der Waals surface area contributed by atoms with E-state index in [4.69, 9.17) is 4.74 Å². The Morgan fingerprint density at radius 1 is 1.00 bits per heavy atom. The molecule has 0 atom stereocenters. The average Bonchev–Trinajstić information content (AvgIpc) is 3.44. The van der Waals surface area contributed by atoms with Gasteiger partial charge in [0.2, 0.25) is 5.91 Å². The van der Waals surface area contributed by atoms with E-state index in [0.29, 0.717) is 28.9 Å². The standard InChI is InChI=1S/C25H24N4O3S2/c1-15-4-10-20(11-5-15)32-13-22-27-16(2)23(34-22)24(31)29-25-28-21(14-33-25)19-8-6-18(7-9-19)12-26-17(3)30/h4-11,14H,12-13H2,1-3H3,(H,26,30)(H,28,29,31). The highest BCUT2D eigenvalue weighted by molar-refractivity contribution is 7.15. The molecule has 34 heavy (non-hydrogen) atoms. The van der Waals surface area contributed by atoms with Crippen molar-refractivity contribution in [1.29, 1.82) is 0 Å². The minimum absolute atomic E-state index is 0.0638. The maximum absolute atomic E-state index is 12.8. The fourth-order valence-electron chi connectivity index (χ4n) is 3.14. The lowest BCUT2D eigenvalue weighted by molar-refractivity contribution is -0.119. The maximum atomic E-state index is 12.8. The van der Waals surface area contributed by atoms with Gasteiger partial charge in [-0.3, -0.25) is 14.9 Å². The molecule has 0 aliphatic carbocycles. The predicted octanol–water partition coefficient (Wildman–Crippen LogP) is 5.35. The highest BCUT2D eigenvalue weighted by Gasteiger charge is 2.17. The summed E-state index contributed by atoms with van der Waals surface area (Å²) in [5.74, 6) is 0.470. The minimum Gasteiger partial charge on any atom is -0.486 e. The first-order valence-corrected chi connectivity index (χ1v) is 12.3. The van der Waals surface area contributed by atoms with E-state index in [1.807, 2.05) is 67.8 Å². The Morgan fingerprint density at radius 2 is 1.74 bits per heavy atom. The second-order valence-electron chi connectivity index (χ2n) is 7.72. The molecule has 4 rings (SSSR count). The van der Waals surface area contributed by atoms with Gasteiger partial charge in [0.05, 0.1) is 11.4 Å². The molecule has 0 aliphatic heterocycles. The van der Waals surface area contributed by atoms with Crippen LogP contribution in [-0.4, -0.2) is 21.8 Å². The summed E-state index contributed by atoms with van der Waals surface area (Å²) in [5.41, 5.74) is 4.55. The van der Waals surface area contributed by atoms with E-state index < -0.39 is 0 Å². The van der Waals surface area contributed by atoms with Gasteiger partial charge in [-0.2, -0.15) is 0 Å². The SMILES string of the molecule is CC(=O)NCc1ccc(-c2csc(NC(=O)c3sc(COc4ccc(C)cc4)nc3C)n2)cc1. The number of nitrogens with one attached hydrogen (secondary N) is 2. The minimum atomic E-state index is -0.233. The highest BCUT2D eigenvalue weighted by Crippen LogP contribution is 2.27. The number of anilines is 1. The van der Waals surface area contributed by atoms with Crippen molar-refractivity contribution in [3.8, 4) is 17.0 Å². The van der Waals surface area contributed by atoms with Gasteiger partial charge in [0.15, 0.2) is 5.13 Å². The van der Waals surface area contributed by atoms with Crippen LogP contribution in [0.4, 0.5) is 5.13 Å². The Balaban J connectivity index is 1.37. The first-order valence-electron chi connectivity index (χ1n) is 10.6. The smallest absolute Gasteiger partial charge is 0.269 e. The van der Waals surface area contributed by atoms with Crippen LogP contribution >= 0.6 is 22.7 Å². The molecule has 2 amide bonds. The summed E-state index contributed by atoms with van der Waals surface area (Å²) in [4.78, 5) is 33.5. The van der Waals surface area contributed by atoms with Crippen molar-refractivity contribution in [2.45, 2.75) is 33.9 Å². The van der Waals surface area contributed by atoms with Gasteiger partial charge in [0.1, 0.15) is 22.2 Å². The topological polar surface area (TPSA) is 93.2 Å². The molecule has 9 heteroatoms. The van der Waals surface area contributed by atoms with Crippen LogP contribution in [0.3, 0.4) is 0 Å². The van der Waals surface area contributed by atoms with Crippen LogP contribution in [-0.2, 0) is 17.9 Å². The molecule has 0 fully saturated rings. The molecule has 0 spiro atoms. The monoisotopic (exact) mass is 492 g/mol. The Hall–Kier alpha value is -3.56. The number of rotatable bonds is 8. The summed E-state index contributed by atoms with van der Waals surface area (Å²) in [6.07, 6.45) is 0. The summed E-state index contributed by atoms with van der Waals surface area (Å²) >= 11 is 2.69. The zero-order chi connectivity index (χ0) is 24.1. The number of nitrogens with zero attached hydrogens (tertiary/aromatic N) is 2. The van der Waals surface area contributed by atoms with Crippen molar-refractivity contribution in [1.82, 2.24) is 15.3 Å². The van der Waals surface area contributed by atoms with Crippen LogP contribution in [0, 0.1) is 13.8 Å². The van der Waals surface area contributed by atoms with Crippen molar-refractivity contribution in [3.05, 3.63) is 80.6 Å². The molecule has 0 unspecified atom stereocenters. The molecule has 4 aromatic rings. The van der Waals surface area contributed by atoms with Crippen molar-refractivity contribution >= 4 is 39.6 Å². The van der Waals surface area contributed by atoms with Crippen molar-refractivity contribution < 1.29 is 14.3 Å². The van der Waals surface area contributed by atoms with Crippen molar-refractivity contribution in [2.24, 2.45) is 0 Å². The number of amides is 2. The number of carbonyl (C=O) groups excluding carboxylic acids is 2. The Kier molecular flexibility index (Phi) is 7.34. The maximum Gasteiger partial charge on any atom is 0.269 e. The molecule has 0 bridgehead atoms. The number of aromatic nitrogens is 2. The van der Waals surface area contributed by atoms with Crippen molar-refractivity contribution in [3.63, 3.8) is 0 Å². The van der Waals surface area contributed by atoms with E-state index in [0.717, 1.165) is 27.6 Å². The molecule has 174 valence electrons. The Labute approximate surface area is 205 Å². The molecule has 2 aromatic heterocycles. The van der Waals surface area contributed by atoms with Gasteiger partial charge < -0.3 is 10.1 Å². The van der Waals surface area contributed by atoms with Crippen LogP contribution in [0.1, 0.15) is 38.4 Å². The van der Waals surface area contributed by atoms with Gasteiger partial charge in [-0.15, -0.1) is 22.7 Å². The molecule has 2 aromatic carbocycles. The fraction of sp³-hybridized carbons (Fsp3) is 0.200. The largest absolute Gasteiger partial charge is 0.486 e. The van der Waals surface area contributed by atoms with Crippen LogP contribution < -0.4 is 15.4 Å². The Morgan fingerprint density at radius 3 is 2.44 bits per heavy atom. The molecule has 2 N–H and O–H groups in total. The van der Waals surface area contributed by atoms with Gasteiger partial charge in [-0.25, -0.2) is 9.97 Å².